The molecule has 9 heteroatoms. The molecule has 0 aliphatic heterocycles. The topological polar surface area (TPSA) is 96.0 Å². The molecule has 2 aromatic carbocycles. The van der Waals surface area contributed by atoms with Gasteiger partial charge in [-0.2, -0.15) is 4.68 Å². The monoisotopic (exact) mass is 357 g/mol. The predicted octanol–water partition coefficient (Wildman–Crippen LogP) is 3.18. The van der Waals surface area contributed by atoms with Gasteiger partial charge in [-0.05, 0) is 47.2 Å². The third-order valence-electron chi connectivity index (χ3n) is 3.73. The van der Waals surface area contributed by atoms with Crippen molar-refractivity contribution in [2.75, 3.05) is 7.11 Å². The maximum Gasteiger partial charge on any atom is 0.272 e. The molecule has 0 spiro atoms. The zero-order valence-electron chi connectivity index (χ0n) is 13.6. The molecule has 128 valence electrons. The zero-order valence-corrected chi connectivity index (χ0v) is 14.4. The molecule has 0 unspecified atom stereocenters. The molecular weight excluding hydrogens is 342 g/mol. The van der Waals surface area contributed by atoms with Crippen LogP contribution in [0.3, 0.4) is 0 Å². The van der Waals surface area contributed by atoms with Gasteiger partial charge in [-0.3, -0.25) is 10.1 Å². The van der Waals surface area contributed by atoms with E-state index in [1.807, 2.05) is 30.3 Å². The van der Waals surface area contributed by atoms with E-state index >= 15 is 0 Å². The number of methoxy groups -OCH3 is 1. The van der Waals surface area contributed by atoms with Crippen LogP contribution in [0.25, 0.3) is 5.69 Å². The van der Waals surface area contributed by atoms with Gasteiger partial charge in [0.15, 0.2) is 0 Å². The average molecular weight is 357 g/mol. The molecule has 25 heavy (non-hydrogen) atoms. The minimum absolute atomic E-state index is 0.118. The SMILES string of the molecule is COc1ccc(-n2nnnc2SCc2cccc([N+](=O)[O-])c2C)cc1. The van der Waals surface area contributed by atoms with Gasteiger partial charge in [0.25, 0.3) is 5.69 Å². The number of nitrogens with zero attached hydrogens (tertiary/aromatic N) is 5. The second kappa shape index (κ2) is 7.31. The average Bonchev–Trinajstić information content (AvgIpc) is 3.09. The highest BCUT2D eigenvalue weighted by molar-refractivity contribution is 7.98. The molecule has 0 bridgehead atoms. The molecule has 0 aliphatic rings. The van der Waals surface area contributed by atoms with E-state index in [0.29, 0.717) is 16.5 Å². The summed E-state index contributed by atoms with van der Waals surface area (Å²) in [4.78, 5) is 10.7. The van der Waals surface area contributed by atoms with Gasteiger partial charge in [0, 0.05) is 17.4 Å². The lowest BCUT2D eigenvalue weighted by Crippen LogP contribution is -2.00. The maximum atomic E-state index is 11.1. The first kappa shape index (κ1) is 16.9. The van der Waals surface area contributed by atoms with Crippen molar-refractivity contribution in [2.24, 2.45) is 0 Å². The van der Waals surface area contributed by atoms with Gasteiger partial charge in [-0.25, -0.2) is 0 Å². The molecule has 1 heterocycles. The smallest absolute Gasteiger partial charge is 0.272 e. The second-order valence-corrected chi connectivity index (χ2v) is 6.12. The van der Waals surface area contributed by atoms with Gasteiger partial charge in [-0.1, -0.05) is 23.9 Å². The fraction of sp³-hybridized carbons (Fsp3) is 0.188. The summed E-state index contributed by atoms with van der Waals surface area (Å²) in [6.45, 7) is 1.75. The minimum atomic E-state index is -0.370. The highest BCUT2D eigenvalue weighted by atomic mass is 32.2. The van der Waals surface area contributed by atoms with Crippen molar-refractivity contribution in [3.63, 3.8) is 0 Å². The van der Waals surface area contributed by atoms with Crippen molar-refractivity contribution in [1.82, 2.24) is 20.2 Å². The molecule has 0 atom stereocenters. The second-order valence-electron chi connectivity index (χ2n) is 5.18. The standard InChI is InChI=1S/C16H15N5O3S/c1-11-12(4-3-5-15(11)21(22)23)10-25-16-17-18-19-20(16)13-6-8-14(24-2)9-7-13/h3-9H,10H2,1-2H3. The minimum Gasteiger partial charge on any atom is -0.497 e. The summed E-state index contributed by atoms with van der Waals surface area (Å²) in [5, 5.41) is 23.4. The molecular formula is C16H15N5O3S. The van der Waals surface area contributed by atoms with E-state index in [4.69, 9.17) is 4.74 Å². The number of rotatable bonds is 6. The Kier molecular flexibility index (Phi) is 4.94. The Morgan fingerprint density at radius 3 is 2.68 bits per heavy atom. The molecule has 3 rings (SSSR count). The summed E-state index contributed by atoms with van der Waals surface area (Å²) < 4.78 is 6.77. The van der Waals surface area contributed by atoms with E-state index in [9.17, 15) is 10.1 Å². The maximum absolute atomic E-state index is 11.1. The van der Waals surface area contributed by atoms with Crippen molar-refractivity contribution in [2.45, 2.75) is 17.8 Å². The highest BCUT2D eigenvalue weighted by Gasteiger charge is 2.15. The Balaban J connectivity index is 1.80. The van der Waals surface area contributed by atoms with E-state index in [2.05, 4.69) is 15.5 Å². The van der Waals surface area contributed by atoms with Gasteiger partial charge >= 0.3 is 0 Å². The summed E-state index contributed by atoms with van der Waals surface area (Å²) in [5.74, 6) is 1.28. The largest absolute Gasteiger partial charge is 0.497 e. The molecule has 3 aromatic rings. The highest BCUT2D eigenvalue weighted by Crippen LogP contribution is 2.28. The molecule has 0 fully saturated rings. The van der Waals surface area contributed by atoms with Gasteiger partial charge in [0.1, 0.15) is 5.75 Å². The first-order valence-corrected chi connectivity index (χ1v) is 8.37. The number of aromatic nitrogens is 4. The fourth-order valence-corrected chi connectivity index (χ4v) is 3.28. The van der Waals surface area contributed by atoms with Gasteiger partial charge in [-0.15, -0.1) is 5.10 Å². The Bertz CT molecular complexity index is 895. The summed E-state index contributed by atoms with van der Waals surface area (Å²) >= 11 is 1.42. The van der Waals surface area contributed by atoms with Crippen molar-refractivity contribution in [3.05, 3.63) is 63.7 Å². The lowest BCUT2D eigenvalue weighted by Gasteiger charge is -2.07. The van der Waals surface area contributed by atoms with E-state index in [1.165, 1.54) is 17.8 Å². The quantitative estimate of drug-likeness (QED) is 0.380. The summed E-state index contributed by atoms with van der Waals surface area (Å²) in [6, 6.07) is 12.4. The lowest BCUT2D eigenvalue weighted by atomic mass is 10.1. The molecule has 1 aromatic heterocycles. The normalized spacial score (nSPS) is 10.6. The van der Waals surface area contributed by atoms with Crippen molar-refractivity contribution in [1.29, 1.82) is 0 Å². The fourth-order valence-electron chi connectivity index (χ4n) is 2.32. The molecule has 0 radical (unpaired) electrons. The van der Waals surface area contributed by atoms with Crippen LogP contribution in [-0.4, -0.2) is 32.2 Å². The number of hydrogen-bond donors (Lipinski definition) is 0. The number of ether oxygens (including phenoxy) is 1. The number of nitro groups is 1. The van der Waals surface area contributed by atoms with Crippen molar-refractivity contribution < 1.29 is 9.66 Å². The first-order chi connectivity index (χ1) is 12.1. The molecule has 0 saturated carbocycles. The van der Waals surface area contributed by atoms with Gasteiger partial charge in [0.2, 0.25) is 5.16 Å². The number of nitro benzene ring substituents is 1. The van der Waals surface area contributed by atoms with Crippen LogP contribution >= 0.6 is 11.8 Å². The molecule has 0 N–H and O–H groups in total. The van der Waals surface area contributed by atoms with Crippen LogP contribution in [0, 0.1) is 17.0 Å². The van der Waals surface area contributed by atoms with Crippen LogP contribution in [0.15, 0.2) is 47.6 Å². The van der Waals surface area contributed by atoms with Crippen LogP contribution in [-0.2, 0) is 5.75 Å². The van der Waals surface area contributed by atoms with E-state index in [1.54, 1.807) is 24.8 Å². The lowest BCUT2D eigenvalue weighted by molar-refractivity contribution is -0.385. The van der Waals surface area contributed by atoms with Crippen LogP contribution in [0.5, 0.6) is 5.75 Å². The third kappa shape index (κ3) is 3.61. The van der Waals surface area contributed by atoms with Crippen LogP contribution < -0.4 is 4.74 Å². The first-order valence-electron chi connectivity index (χ1n) is 7.38. The Morgan fingerprint density at radius 2 is 2.00 bits per heavy atom. The number of hydrogen-bond acceptors (Lipinski definition) is 7. The summed E-state index contributed by atoms with van der Waals surface area (Å²) in [6.07, 6.45) is 0. The zero-order chi connectivity index (χ0) is 17.8. The van der Waals surface area contributed by atoms with Crippen LogP contribution in [0.1, 0.15) is 11.1 Å². The Morgan fingerprint density at radius 1 is 1.24 bits per heavy atom. The van der Waals surface area contributed by atoms with Gasteiger partial charge < -0.3 is 4.74 Å². The predicted molar refractivity (Wildman–Crippen MR) is 93.1 cm³/mol. The molecule has 0 aliphatic carbocycles. The summed E-state index contributed by atoms with van der Waals surface area (Å²) in [7, 11) is 1.61. The number of benzene rings is 2. The van der Waals surface area contributed by atoms with Crippen LogP contribution in [0.2, 0.25) is 0 Å². The molecule has 0 amide bonds. The van der Waals surface area contributed by atoms with Gasteiger partial charge in [0.05, 0.1) is 17.7 Å². The molecule has 8 nitrogen and oxygen atoms in total. The van der Waals surface area contributed by atoms with Crippen LogP contribution in [0.4, 0.5) is 5.69 Å². The van der Waals surface area contributed by atoms with E-state index < -0.39 is 0 Å². The van der Waals surface area contributed by atoms with Crippen molar-refractivity contribution >= 4 is 17.4 Å². The third-order valence-corrected chi connectivity index (χ3v) is 4.70. The Labute approximate surface area is 148 Å². The van der Waals surface area contributed by atoms with E-state index in [-0.39, 0.29) is 10.6 Å². The summed E-state index contributed by atoms with van der Waals surface area (Å²) in [5.41, 5.74) is 2.46. The Hall–Kier alpha value is -2.94. The molecule has 0 saturated heterocycles. The van der Waals surface area contributed by atoms with Crippen molar-refractivity contribution in [3.8, 4) is 11.4 Å². The number of tetrazole rings is 1. The number of thioether (sulfide) groups is 1. The van der Waals surface area contributed by atoms with E-state index in [0.717, 1.165) is 17.0 Å².